The molecule has 0 saturated heterocycles. The van der Waals surface area contributed by atoms with E-state index in [4.69, 9.17) is 0 Å². The lowest BCUT2D eigenvalue weighted by Gasteiger charge is -2.02. The minimum atomic E-state index is -2.81. The van der Waals surface area contributed by atoms with Crippen LogP contribution in [0.1, 0.15) is 6.92 Å². The molecule has 0 unspecified atom stereocenters. The Bertz CT molecular complexity index is 230. The third kappa shape index (κ3) is 1.44. The number of alkyl halides is 4. The highest BCUT2D eigenvalue weighted by Crippen LogP contribution is 2.27. The van der Waals surface area contributed by atoms with Crippen LogP contribution in [-0.2, 0) is 0 Å². The smallest absolute Gasteiger partial charge is 0.244 e. The van der Waals surface area contributed by atoms with E-state index in [1.54, 1.807) is 0 Å². The highest BCUT2D eigenvalue weighted by Gasteiger charge is 2.27. The molecule has 1 heterocycles. The van der Waals surface area contributed by atoms with E-state index in [-0.39, 0.29) is 5.57 Å². The molecule has 1 rings (SSSR count). The third-order valence-electron chi connectivity index (χ3n) is 1.51. The fourth-order valence-electron chi connectivity index (χ4n) is 0.851. The number of hydrogen-bond donors (Lipinski definition) is 0. The average Bonchev–Trinajstić information content (AvgIpc) is 2.30. The van der Waals surface area contributed by atoms with Crippen LogP contribution in [0.3, 0.4) is 0 Å². The highest BCUT2D eigenvalue weighted by atomic mass is 19.3. The van der Waals surface area contributed by atoms with Gasteiger partial charge in [-0.25, -0.2) is 22.9 Å². The Morgan fingerprint density at radius 2 is 1.75 bits per heavy atom. The number of rotatable bonds is 2. The molecule has 2 radical (unpaired) electrons. The number of hydrogen-bond acceptors (Lipinski definition) is 0. The van der Waals surface area contributed by atoms with Gasteiger partial charge in [0.2, 0.25) is 0 Å². The molecule has 1 aliphatic rings. The summed E-state index contributed by atoms with van der Waals surface area (Å²) in [6.07, 6.45) is -3.72. The molecule has 66 valence electrons. The van der Waals surface area contributed by atoms with Crippen molar-refractivity contribution in [2.75, 3.05) is 0 Å². The van der Waals surface area contributed by atoms with E-state index >= 15 is 0 Å². The van der Waals surface area contributed by atoms with E-state index in [9.17, 15) is 17.6 Å². The second kappa shape index (κ2) is 3.16. The molecule has 0 spiro atoms. The van der Waals surface area contributed by atoms with E-state index in [2.05, 4.69) is 5.32 Å². The van der Waals surface area contributed by atoms with Crippen LogP contribution in [0.5, 0.6) is 0 Å². The lowest BCUT2D eigenvalue weighted by atomic mass is 10.1. The lowest BCUT2D eigenvalue weighted by molar-refractivity contribution is 0.181. The van der Waals surface area contributed by atoms with Crippen LogP contribution in [0.15, 0.2) is 16.8 Å². The maximum Gasteiger partial charge on any atom is 0.280 e. The predicted molar refractivity (Wildman–Crippen MR) is 33.6 cm³/mol. The Morgan fingerprint density at radius 3 is 2.00 bits per heavy atom. The van der Waals surface area contributed by atoms with E-state index < -0.39 is 24.1 Å². The van der Waals surface area contributed by atoms with Gasteiger partial charge in [0.05, 0.1) is 11.8 Å². The maximum atomic E-state index is 12.0. The van der Waals surface area contributed by atoms with Crippen molar-refractivity contribution in [3.8, 4) is 0 Å². The first-order chi connectivity index (χ1) is 5.54. The second-order valence-electron chi connectivity index (χ2n) is 2.25. The monoisotopic (exact) mass is 179 g/mol. The Morgan fingerprint density at radius 1 is 1.17 bits per heavy atom. The minimum Gasteiger partial charge on any atom is -0.244 e. The van der Waals surface area contributed by atoms with Crippen molar-refractivity contribution < 1.29 is 17.6 Å². The Hall–Kier alpha value is -1.00. The summed E-state index contributed by atoms with van der Waals surface area (Å²) in [7, 11) is 0. The Kier molecular flexibility index (Phi) is 2.40. The highest BCUT2D eigenvalue weighted by molar-refractivity contribution is 5.38. The first-order valence-corrected chi connectivity index (χ1v) is 3.15. The summed E-state index contributed by atoms with van der Waals surface area (Å²) in [6.45, 7) is 1.19. The predicted octanol–water partition coefficient (Wildman–Crippen LogP) is 2.10. The first-order valence-electron chi connectivity index (χ1n) is 3.15. The molecule has 0 N–H and O–H groups in total. The topological polar surface area (TPSA) is 14.1 Å². The number of nitrogens with zero attached hydrogens (tertiary/aromatic N) is 1. The molecule has 0 aromatic rings. The summed E-state index contributed by atoms with van der Waals surface area (Å²) in [4.78, 5) is 0. The molecule has 0 aliphatic carbocycles. The van der Waals surface area contributed by atoms with Crippen molar-refractivity contribution in [2.45, 2.75) is 19.8 Å². The van der Waals surface area contributed by atoms with E-state index in [0.29, 0.717) is 0 Å². The maximum absolute atomic E-state index is 12.0. The molecular weight excluding hydrogens is 174 g/mol. The van der Waals surface area contributed by atoms with Crippen LogP contribution >= 0.6 is 0 Å². The number of halogens is 4. The SMILES string of the molecule is CC1=C(C(F)F)[N][C]=C1C(F)F. The van der Waals surface area contributed by atoms with Crippen molar-refractivity contribution in [3.63, 3.8) is 0 Å². The molecule has 5 heteroatoms. The zero-order valence-electron chi connectivity index (χ0n) is 6.11. The second-order valence-corrected chi connectivity index (χ2v) is 2.25. The van der Waals surface area contributed by atoms with Crippen LogP contribution < -0.4 is 5.32 Å². The molecule has 0 atom stereocenters. The Labute approximate surface area is 66.8 Å². The number of allylic oxidation sites excluding steroid dienone is 3. The minimum absolute atomic E-state index is 0.167. The fraction of sp³-hybridized carbons (Fsp3) is 0.429. The standard InChI is InChI=1S/C7H5F4N/c1-3-4(6(8)9)2-12-5(3)7(10)11/h6-7H,1H3. The zero-order valence-corrected chi connectivity index (χ0v) is 6.11. The van der Waals surface area contributed by atoms with Crippen molar-refractivity contribution >= 4 is 0 Å². The largest absolute Gasteiger partial charge is 0.280 e. The summed E-state index contributed by atoms with van der Waals surface area (Å²) in [6, 6.07) is 0. The van der Waals surface area contributed by atoms with Gasteiger partial charge in [-0.3, -0.25) is 0 Å². The van der Waals surface area contributed by atoms with Crippen molar-refractivity contribution in [1.29, 1.82) is 0 Å². The first kappa shape index (κ1) is 9.09. The van der Waals surface area contributed by atoms with E-state index in [0.717, 1.165) is 0 Å². The molecule has 1 aliphatic heterocycles. The molecule has 0 aromatic carbocycles. The van der Waals surface area contributed by atoms with Crippen molar-refractivity contribution in [1.82, 2.24) is 5.32 Å². The molecule has 0 saturated carbocycles. The van der Waals surface area contributed by atoms with Crippen LogP contribution in [0.25, 0.3) is 0 Å². The van der Waals surface area contributed by atoms with Crippen LogP contribution in [0.4, 0.5) is 17.6 Å². The van der Waals surface area contributed by atoms with Gasteiger partial charge in [-0.15, -0.1) is 0 Å². The lowest BCUT2D eigenvalue weighted by Crippen LogP contribution is -2.05. The van der Waals surface area contributed by atoms with Crippen LogP contribution in [0, 0.1) is 6.20 Å². The van der Waals surface area contributed by atoms with Gasteiger partial charge in [-0.2, -0.15) is 0 Å². The quantitative estimate of drug-likeness (QED) is 0.576. The van der Waals surface area contributed by atoms with Crippen LogP contribution in [0.2, 0.25) is 0 Å². The normalized spacial score (nSPS) is 17.4. The van der Waals surface area contributed by atoms with E-state index in [1.165, 1.54) is 6.92 Å². The summed E-state index contributed by atoms with van der Waals surface area (Å²) in [5.41, 5.74) is -1.31. The van der Waals surface area contributed by atoms with Gasteiger partial charge in [0.1, 0.15) is 5.70 Å². The van der Waals surface area contributed by atoms with Gasteiger partial charge in [0, 0.05) is 0 Å². The Balaban J connectivity index is 2.86. The summed E-state index contributed by atoms with van der Waals surface area (Å²) < 4.78 is 47.9. The molecule has 0 aromatic heterocycles. The fourth-order valence-corrected chi connectivity index (χ4v) is 0.851. The molecule has 0 amide bonds. The molecule has 0 fully saturated rings. The summed E-state index contributed by atoms with van der Waals surface area (Å²) in [5.74, 6) is 0. The van der Waals surface area contributed by atoms with Crippen LogP contribution in [-0.4, -0.2) is 12.9 Å². The van der Waals surface area contributed by atoms with Gasteiger partial charge in [-0.1, -0.05) is 0 Å². The van der Waals surface area contributed by atoms with Gasteiger partial charge in [0.25, 0.3) is 12.9 Å². The van der Waals surface area contributed by atoms with Gasteiger partial charge in [0.15, 0.2) is 0 Å². The van der Waals surface area contributed by atoms with Gasteiger partial charge >= 0.3 is 0 Å². The summed E-state index contributed by atoms with van der Waals surface area (Å²) in [5, 5.41) is 3.08. The molecule has 12 heavy (non-hydrogen) atoms. The third-order valence-corrected chi connectivity index (χ3v) is 1.51. The van der Waals surface area contributed by atoms with E-state index in [1.807, 2.05) is 6.20 Å². The summed E-state index contributed by atoms with van der Waals surface area (Å²) >= 11 is 0. The zero-order chi connectivity index (χ0) is 9.30. The average molecular weight is 179 g/mol. The molecular formula is C7H5F4N. The molecule has 1 nitrogen and oxygen atoms in total. The van der Waals surface area contributed by atoms with Crippen molar-refractivity contribution in [2.24, 2.45) is 0 Å². The van der Waals surface area contributed by atoms with Crippen molar-refractivity contribution in [3.05, 3.63) is 23.0 Å². The molecule has 0 bridgehead atoms. The van der Waals surface area contributed by atoms with Gasteiger partial charge in [-0.05, 0) is 12.5 Å². The van der Waals surface area contributed by atoms with Gasteiger partial charge < -0.3 is 0 Å².